The van der Waals surface area contributed by atoms with Gasteiger partial charge in [0.05, 0.1) is 113 Å². The van der Waals surface area contributed by atoms with Crippen molar-refractivity contribution < 1.29 is 99.4 Å². The smallest absolute Gasteiger partial charge is 0.339 e. The van der Waals surface area contributed by atoms with Gasteiger partial charge in [-0.25, -0.2) is 4.79 Å². The summed E-state index contributed by atoms with van der Waals surface area (Å²) in [5.41, 5.74) is -1.19. The third-order valence-corrected chi connectivity index (χ3v) is 19.6. The van der Waals surface area contributed by atoms with Crippen LogP contribution in [0.5, 0.6) is 51.7 Å². The fourth-order valence-electron chi connectivity index (χ4n) is 15.6. The van der Waals surface area contributed by atoms with Crippen molar-refractivity contribution in [2.45, 2.75) is 96.1 Å². The Morgan fingerprint density at radius 3 is 1.70 bits per heavy atom. The van der Waals surface area contributed by atoms with Crippen molar-refractivity contribution in [3.8, 4) is 74.4 Å². The molecule has 6 aliphatic rings. The molecule has 2 spiro atoms. The highest BCUT2D eigenvalue weighted by Crippen LogP contribution is 2.80. The van der Waals surface area contributed by atoms with E-state index in [0.717, 1.165) is 12.0 Å². The Bertz CT molecular complexity index is 4090. The first kappa shape index (κ1) is 62.8. The van der Waals surface area contributed by atoms with Gasteiger partial charge in [0, 0.05) is 69.2 Å². The number of methoxy groups -OCH3 is 9. The lowest BCUT2D eigenvalue weighted by molar-refractivity contribution is -0.225. The van der Waals surface area contributed by atoms with Crippen LogP contribution < -0.4 is 53.5 Å². The number of carbonyl (C=O) groups is 3. The molecule has 0 unspecified atom stereocenters. The van der Waals surface area contributed by atoms with Crippen molar-refractivity contribution in [2.24, 2.45) is 28.1 Å². The Kier molecular flexibility index (Phi) is 16.4. The average molecular weight is 1250 g/mol. The molecule has 90 heavy (non-hydrogen) atoms. The van der Waals surface area contributed by atoms with E-state index in [1.807, 2.05) is 26.8 Å². The highest BCUT2D eigenvalue weighted by Gasteiger charge is 2.90. The quantitative estimate of drug-likeness (QED) is 0.0757. The van der Waals surface area contributed by atoms with Gasteiger partial charge in [0.2, 0.25) is 5.75 Å². The predicted molar refractivity (Wildman–Crippen MR) is 321 cm³/mol. The number of carbonyl (C=O) groups excluding carboxylic acids is 3. The van der Waals surface area contributed by atoms with Crippen LogP contribution in [-0.4, -0.2) is 122 Å². The Morgan fingerprint density at radius 1 is 0.567 bits per heavy atom. The van der Waals surface area contributed by atoms with Gasteiger partial charge in [-0.15, -0.1) is 0 Å². The van der Waals surface area contributed by atoms with E-state index < -0.39 is 58.8 Å². The lowest BCUT2D eigenvalue weighted by Gasteiger charge is -2.65. The summed E-state index contributed by atoms with van der Waals surface area (Å²) in [6, 6.07) is 16.5. The molecule has 0 amide bonds. The van der Waals surface area contributed by atoms with E-state index in [9.17, 15) is 34.2 Å². The van der Waals surface area contributed by atoms with Gasteiger partial charge >= 0.3 is 11.9 Å². The number of ketones is 1. The molecule has 0 radical (unpaired) electrons. The molecule has 23 heteroatoms. The molecule has 2 aliphatic carbocycles. The first-order valence-corrected chi connectivity index (χ1v) is 29.1. The zero-order valence-corrected chi connectivity index (χ0v) is 52.2. The lowest BCUT2D eigenvalue weighted by atomic mass is 9.37. The molecular formula is C67H72O23. The molecule has 23 nitrogen and oxygen atoms in total. The zero-order valence-electron chi connectivity index (χ0n) is 52.2. The number of furan rings is 1. The minimum Gasteiger partial charge on any atom is -0.495 e. The maximum absolute atomic E-state index is 14.2. The number of rotatable bonds is 14. The van der Waals surface area contributed by atoms with Crippen molar-refractivity contribution >= 4 is 39.7 Å². The van der Waals surface area contributed by atoms with Crippen LogP contribution in [0.4, 0.5) is 0 Å². The number of fused-ring (bicyclic) bond motifs is 3. The van der Waals surface area contributed by atoms with Gasteiger partial charge in [0.25, 0.3) is 0 Å². The van der Waals surface area contributed by atoms with E-state index in [4.69, 9.17) is 74.8 Å². The molecule has 4 aromatic carbocycles. The number of epoxide rings is 1. The second-order valence-electron chi connectivity index (χ2n) is 23.8. The van der Waals surface area contributed by atoms with Crippen molar-refractivity contribution in [1.82, 2.24) is 0 Å². The fourth-order valence-corrected chi connectivity index (χ4v) is 15.6. The molecule has 0 bridgehead atoms. The highest BCUT2D eigenvalue weighted by atomic mass is 16.7. The van der Waals surface area contributed by atoms with Crippen LogP contribution in [0.1, 0.15) is 76.2 Å². The van der Waals surface area contributed by atoms with E-state index in [1.54, 1.807) is 69.2 Å². The summed E-state index contributed by atoms with van der Waals surface area (Å²) in [7, 11) is 13.3. The number of cyclic esters (lactones) is 2. The summed E-state index contributed by atoms with van der Waals surface area (Å²) in [5.74, 6) is 3.28. The van der Waals surface area contributed by atoms with Crippen LogP contribution in [0.15, 0.2) is 96.0 Å². The SMILES string of the molecule is CC1(C)O[C@H]2CC(=O)OC[C@]23[C@H]2CC[C@@]4(C)[C@H](c5ccoc5)OC(=O)[C@H]5O[C@]54[C@]2(C)C(=O)C[C@@H]13.COc1ccc(-c2cc(=O)c3c(OC)c(CO)c(CO)c(OC)c3o2)cc1OC.COc1ccc(-c2cc(=O)c3c(OC)c(OC)c(OC)cc3o2)cc1OC. The number of benzene rings is 4. The van der Waals surface area contributed by atoms with Crippen LogP contribution in [-0.2, 0) is 46.5 Å². The summed E-state index contributed by atoms with van der Waals surface area (Å²) in [6.45, 7) is 7.48. The minimum atomic E-state index is -0.976. The number of aliphatic hydroxyl groups is 2. The molecule has 2 N–H and O–H groups in total. The normalized spacial score (nSPS) is 26.4. The first-order chi connectivity index (χ1) is 43.1. The molecule has 3 aromatic heterocycles. The molecule has 4 saturated heterocycles. The lowest BCUT2D eigenvalue weighted by Crippen LogP contribution is -2.72. The Morgan fingerprint density at radius 2 is 1.14 bits per heavy atom. The van der Waals surface area contributed by atoms with Crippen LogP contribution in [0.2, 0.25) is 0 Å². The maximum atomic E-state index is 14.2. The number of hydrogen-bond acceptors (Lipinski definition) is 23. The molecule has 6 fully saturated rings. The molecule has 2 saturated carbocycles. The van der Waals surface area contributed by atoms with E-state index in [0.29, 0.717) is 69.8 Å². The Labute approximate surface area is 516 Å². The van der Waals surface area contributed by atoms with Crippen molar-refractivity contribution in [2.75, 3.05) is 70.6 Å². The highest BCUT2D eigenvalue weighted by molar-refractivity contribution is 5.95. The average Bonchev–Trinajstić information content (AvgIpc) is 1.44. The number of hydrogen-bond donors (Lipinski definition) is 2. The van der Waals surface area contributed by atoms with E-state index in [-0.39, 0.29) is 104 Å². The molecule has 9 atom stereocenters. The van der Waals surface area contributed by atoms with Gasteiger partial charge in [-0.3, -0.25) is 19.2 Å². The standard InChI is InChI=1S/C26H30O8.C21H22O8.C20H20O7/c1-22(2)15-9-16(27)24(4)14(25(15)12-31-18(28)10-17(25)33-22)5-7-23(3)19(13-6-8-30-11-13)32-21(29)20-26(23,24)34-20;1-25-15-6-5-11(7-17(15)26-2)16-8-14(24)18-19(27-3)12(9-22)13(10-23)20(28-4)21(18)29-16;1-22-13-7-6-11(8-15(13)23-2)14-9-12(21)18-16(27-14)10-17(24-3)19(25-4)20(18)26-5/h6,8,11,14-15,17,19-20H,5,7,9-10,12H2,1-4H3;5-8,22-23H,9-10H2,1-4H3;6-10H,1-5H3/t14-,15-,17-,19-,20+,23-,24-,25+,26+;;/m0../s1. The van der Waals surface area contributed by atoms with E-state index >= 15 is 0 Å². The van der Waals surface area contributed by atoms with Gasteiger partial charge in [-0.1, -0.05) is 6.92 Å². The van der Waals surface area contributed by atoms with Crippen LogP contribution in [0.25, 0.3) is 44.6 Å². The van der Waals surface area contributed by atoms with Gasteiger partial charge in [0.15, 0.2) is 62.8 Å². The van der Waals surface area contributed by atoms with Crippen molar-refractivity contribution in [3.63, 3.8) is 0 Å². The van der Waals surface area contributed by atoms with Crippen LogP contribution >= 0.6 is 0 Å². The van der Waals surface area contributed by atoms with Crippen molar-refractivity contribution in [1.29, 1.82) is 0 Å². The summed E-state index contributed by atoms with van der Waals surface area (Å²) >= 11 is 0. The molecule has 478 valence electrons. The second kappa shape index (κ2) is 23.6. The Hall–Kier alpha value is -8.77. The summed E-state index contributed by atoms with van der Waals surface area (Å²) in [5, 5.41) is 20.0. The largest absolute Gasteiger partial charge is 0.495 e. The van der Waals surface area contributed by atoms with Crippen molar-refractivity contribution in [3.05, 3.63) is 110 Å². The molecule has 13 rings (SSSR count). The van der Waals surface area contributed by atoms with Crippen LogP contribution in [0, 0.1) is 28.1 Å². The second-order valence-corrected chi connectivity index (χ2v) is 23.8. The molecule has 7 aromatic rings. The molecule has 7 heterocycles. The fraction of sp³-hybridized carbons (Fsp3) is 0.448. The number of ether oxygens (including phenoxy) is 13. The zero-order chi connectivity index (χ0) is 64.6. The third-order valence-electron chi connectivity index (χ3n) is 19.6. The van der Waals surface area contributed by atoms with E-state index in [1.165, 1.54) is 61.9 Å². The number of esters is 2. The number of aliphatic hydroxyl groups excluding tert-OH is 2. The van der Waals surface area contributed by atoms with Gasteiger partial charge in [0.1, 0.15) is 57.7 Å². The predicted octanol–water partition coefficient (Wildman–Crippen LogP) is 9.12. The molecular weight excluding hydrogens is 1170 g/mol. The monoisotopic (exact) mass is 1240 g/mol. The summed E-state index contributed by atoms with van der Waals surface area (Å²) in [6.07, 6.45) is 3.46. The van der Waals surface area contributed by atoms with Crippen LogP contribution in [0.3, 0.4) is 0 Å². The topological polar surface area (TPSA) is 289 Å². The van der Waals surface area contributed by atoms with Gasteiger partial charge in [-0.2, -0.15) is 0 Å². The van der Waals surface area contributed by atoms with Gasteiger partial charge in [-0.05, 0) is 82.0 Å². The van der Waals surface area contributed by atoms with E-state index in [2.05, 4.69) is 6.92 Å². The Balaban J connectivity index is 0.000000140. The maximum Gasteiger partial charge on any atom is 0.339 e. The first-order valence-electron chi connectivity index (χ1n) is 29.1. The number of Topliss-reactive ketones (excluding diaryl/α,β-unsaturated/α-hetero) is 1. The minimum absolute atomic E-state index is 0.0677. The third kappa shape index (κ3) is 9.31. The molecule has 4 aliphatic heterocycles. The van der Waals surface area contributed by atoms with Gasteiger partial charge < -0.3 is 85.0 Å². The summed E-state index contributed by atoms with van der Waals surface area (Å²) < 4.78 is 89.8. The summed E-state index contributed by atoms with van der Waals surface area (Å²) in [4.78, 5) is 65.4.